The minimum absolute atomic E-state index is 0.167. The molecule has 0 bridgehead atoms. The summed E-state index contributed by atoms with van der Waals surface area (Å²) in [6.45, 7) is 2.10. The van der Waals surface area contributed by atoms with E-state index in [-0.39, 0.29) is 17.2 Å². The molecule has 0 saturated carbocycles. The zero-order valence-corrected chi connectivity index (χ0v) is 16.8. The molecule has 2 aromatic carbocycles. The predicted molar refractivity (Wildman–Crippen MR) is 102 cm³/mol. The highest BCUT2D eigenvalue weighted by molar-refractivity contribution is 7.46. The lowest BCUT2D eigenvalue weighted by Crippen LogP contribution is -1.88. The van der Waals surface area contributed by atoms with Gasteiger partial charge < -0.3 is 29.4 Å². The van der Waals surface area contributed by atoms with Gasteiger partial charge in [0, 0.05) is 0 Å². The molecule has 12 heteroatoms. The maximum atomic E-state index is 10.3. The van der Waals surface area contributed by atoms with Crippen LogP contribution in [0.25, 0.3) is 0 Å². The molecular formula is C16H24O10P2. The van der Waals surface area contributed by atoms with Crippen LogP contribution in [0.1, 0.15) is 25.3 Å². The van der Waals surface area contributed by atoms with E-state index in [2.05, 4.69) is 11.4 Å². The normalized spacial score (nSPS) is 10.8. The van der Waals surface area contributed by atoms with E-state index in [9.17, 15) is 9.67 Å². The molecule has 0 fully saturated rings. The van der Waals surface area contributed by atoms with E-state index in [0.717, 1.165) is 24.8 Å². The van der Waals surface area contributed by atoms with E-state index in [1.165, 1.54) is 24.3 Å². The van der Waals surface area contributed by atoms with Gasteiger partial charge in [0.15, 0.2) is 0 Å². The van der Waals surface area contributed by atoms with Crippen LogP contribution < -0.4 is 4.52 Å². The highest BCUT2D eigenvalue weighted by atomic mass is 31.2. The number of phenolic OH excluding ortho intramolecular Hbond substituents is 2. The van der Waals surface area contributed by atoms with Crippen LogP contribution in [0.3, 0.4) is 0 Å². The fourth-order valence-electron chi connectivity index (χ4n) is 1.76. The lowest BCUT2D eigenvalue weighted by atomic mass is 10.1. The number of aryl methyl sites for hydroxylation is 1. The van der Waals surface area contributed by atoms with Crippen molar-refractivity contribution in [2.45, 2.75) is 26.2 Å². The molecule has 0 radical (unpaired) electrons. The van der Waals surface area contributed by atoms with E-state index in [1.807, 2.05) is 0 Å². The average molecular weight is 438 g/mol. The molecule has 0 amide bonds. The van der Waals surface area contributed by atoms with Gasteiger partial charge in [-0.2, -0.15) is 0 Å². The van der Waals surface area contributed by atoms with Crippen LogP contribution in [-0.4, -0.2) is 34.7 Å². The van der Waals surface area contributed by atoms with Crippen LogP contribution in [-0.2, 0) is 15.6 Å². The zero-order valence-electron chi connectivity index (χ0n) is 15.0. The summed E-state index contributed by atoms with van der Waals surface area (Å²) in [5.74, 6) is 0.668. The molecule has 0 unspecified atom stereocenters. The van der Waals surface area contributed by atoms with Gasteiger partial charge in [0.25, 0.3) is 0 Å². The number of unbranched alkanes of at least 4 members (excludes halogenated alkanes) is 1. The summed E-state index contributed by atoms with van der Waals surface area (Å²) in [4.78, 5) is 38.3. The molecule has 0 aromatic heterocycles. The van der Waals surface area contributed by atoms with Gasteiger partial charge in [-0.1, -0.05) is 31.5 Å². The molecular weight excluding hydrogens is 414 g/mol. The molecule has 0 aliphatic rings. The number of hydrogen-bond acceptors (Lipinski definition) is 5. The third-order valence-electron chi connectivity index (χ3n) is 2.83. The summed E-state index contributed by atoms with van der Waals surface area (Å²) in [7, 11) is -9.03. The van der Waals surface area contributed by atoms with Crippen molar-refractivity contribution in [1.82, 2.24) is 0 Å². The topological polar surface area (TPSA) is 185 Å². The summed E-state index contributed by atoms with van der Waals surface area (Å²) in [6, 6.07) is 12.6. The SMILES string of the molecule is CCCCc1cc(O)ccc1O.O=P(O)(O)O.O=P(O)(O)Oc1ccccc1. The first kappa shape index (κ1) is 26.1. The molecule has 2 rings (SSSR count). The van der Waals surface area contributed by atoms with Gasteiger partial charge >= 0.3 is 15.6 Å². The second-order valence-corrected chi connectivity index (χ2v) is 7.52. The van der Waals surface area contributed by atoms with Gasteiger partial charge in [0.05, 0.1) is 0 Å². The van der Waals surface area contributed by atoms with Crippen molar-refractivity contribution < 1.29 is 48.3 Å². The average Bonchev–Trinajstić information content (AvgIpc) is 2.54. The first-order valence-electron chi connectivity index (χ1n) is 7.91. The molecule has 0 aliphatic heterocycles. The lowest BCUT2D eigenvalue weighted by Gasteiger charge is -2.04. The Bertz CT molecular complexity index is 777. The molecule has 7 N–H and O–H groups in total. The van der Waals surface area contributed by atoms with Crippen molar-refractivity contribution in [1.29, 1.82) is 0 Å². The fraction of sp³-hybridized carbons (Fsp3) is 0.250. The van der Waals surface area contributed by atoms with Gasteiger partial charge in [-0.05, 0) is 48.7 Å². The Kier molecular flexibility index (Phi) is 11.7. The molecule has 158 valence electrons. The minimum Gasteiger partial charge on any atom is -0.508 e. The van der Waals surface area contributed by atoms with Crippen molar-refractivity contribution >= 4 is 15.6 Å². The number of hydrogen-bond donors (Lipinski definition) is 7. The van der Waals surface area contributed by atoms with Crippen LogP contribution in [0.4, 0.5) is 0 Å². The van der Waals surface area contributed by atoms with Crippen molar-refractivity contribution in [3.63, 3.8) is 0 Å². The standard InChI is InChI=1S/C10H14O2.C6H7O4P.H3O4P/c1-2-3-4-8-7-9(11)5-6-10(8)12;7-11(8,9)10-6-4-2-1-3-5-6;1-5(2,3)4/h5-7,11-12H,2-4H2,1H3;1-5H,(H2,7,8,9);(H3,1,2,3,4). The summed E-state index contributed by atoms with van der Waals surface area (Å²) in [6.07, 6.45) is 2.96. The Labute approximate surface area is 162 Å². The van der Waals surface area contributed by atoms with Gasteiger partial charge in [0.2, 0.25) is 0 Å². The summed E-state index contributed by atoms with van der Waals surface area (Å²) >= 11 is 0. The molecule has 0 heterocycles. The Balaban J connectivity index is 0.000000424. The zero-order chi connectivity index (χ0) is 21.8. The van der Waals surface area contributed by atoms with Crippen LogP contribution in [0, 0.1) is 0 Å². The second kappa shape index (κ2) is 12.5. The van der Waals surface area contributed by atoms with Crippen LogP contribution in [0.15, 0.2) is 48.5 Å². The minimum atomic E-state index is -4.64. The highest BCUT2D eigenvalue weighted by Crippen LogP contribution is 2.37. The van der Waals surface area contributed by atoms with E-state index >= 15 is 0 Å². The van der Waals surface area contributed by atoms with Crippen molar-refractivity contribution in [2.75, 3.05) is 0 Å². The first-order valence-corrected chi connectivity index (χ1v) is 11.0. The number of benzene rings is 2. The molecule has 2 aromatic rings. The van der Waals surface area contributed by atoms with Gasteiger partial charge in [0.1, 0.15) is 17.2 Å². The van der Waals surface area contributed by atoms with Gasteiger partial charge in [-0.25, -0.2) is 9.13 Å². The number of phenols is 2. The summed E-state index contributed by atoms with van der Waals surface area (Å²) < 4.78 is 23.4. The third kappa shape index (κ3) is 16.3. The number of rotatable bonds is 5. The van der Waals surface area contributed by atoms with E-state index < -0.39 is 15.6 Å². The van der Waals surface area contributed by atoms with Gasteiger partial charge in [-0.15, -0.1) is 0 Å². The van der Waals surface area contributed by atoms with E-state index in [0.29, 0.717) is 0 Å². The molecule has 0 spiro atoms. The van der Waals surface area contributed by atoms with Crippen molar-refractivity contribution in [3.05, 3.63) is 54.1 Å². The maximum Gasteiger partial charge on any atom is 0.524 e. The number of phosphoric ester groups is 1. The van der Waals surface area contributed by atoms with Crippen LogP contribution in [0.5, 0.6) is 17.2 Å². The molecule has 0 atom stereocenters. The predicted octanol–water partition coefficient (Wildman–Crippen LogP) is 2.67. The fourth-order valence-corrected chi connectivity index (χ4v) is 2.15. The Hall–Kier alpha value is -1.90. The Morgan fingerprint density at radius 3 is 1.89 bits per heavy atom. The summed E-state index contributed by atoms with van der Waals surface area (Å²) in [5.41, 5.74) is 0.830. The van der Waals surface area contributed by atoms with Crippen LogP contribution in [0.2, 0.25) is 0 Å². The lowest BCUT2D eigenvalue weighted by molar-refractivity contribution is 0.274. The quantitative estimate of drug-likeness (QED) is 0.270. The van der Waals surface area contributed by atoms with Crippen LogP contribution >= 0.6 is 15.6 Å². The molecule has 0 aliphatic carbocycles. The molecule has 0 saturated heterocycles. The Morgan fingerprint density at radius 1 is 0.893 bits per heavy atom. The number of aromatic hydroxyl groups is 2. The van der Waals surface area contributed by atoms with Gasteiger partial charge in [-0.3, -0.25) is 9.79 Å². The molecule has 10 nitrogen and oxygen atoms in total. The smallest absolute Gasteiger partial charge is 0.508 e. The van der Waals surface area contributed by atoms with Crippen molar-refractivity contribution in [2.24, 2.45) is 0 Å². The number of para-hydroxylation sites is 1. The van der Waals surface area contributed by atoms with E-state index in [4.69, 9.17) is 34.1 Å². The van der Waals surface area contributed by atoms with Crippen molar-refractivity contribution in [3.8, 4) is 17.2 Å². The first-order chi connectivity index (χ1) is 12.8. The Morgan fingerprint density at radius 2 is 1.43 bits per heavy atom. The monoisotopic (exact) mass is 438 g/mol. The third-order valence-corrected chi connectivity index (χ3v) is 3.28. The second-order valence-electron chi connectivity index (χ2n) is 5.32. The van der Waals surface area contributed by atoms with E-state index in [1.54, 1.807) is 24.3 Å². The largest absolute Gasteiger partial charge is 0.524 e. The maximum absolute atomic E-state index is 10.3. The molecule has 28 heavy (non-hydrogen) atoms. The summed E-state index contributed by atoms with van der Waals surface area (Å²) in [5, 5.41) is 18.5. The number of phosphoric acid groups is 2. The highest BCUT2D eigenvalue weighted by Gasteiger charge is 2.14.